The zero-order valence-electron chi connectivity index (χ0n) is 31.0. The van der Waals surface area contributed by atoms with Crippen LogP contribution in [0, 0.1) is 41.5 Å². The molecule has 2 N–H and O–H groups in total. The van der Waals surface area contributed by atoms with Crippen LogP contribution in [0.25, 0.3) is 0 Å². The van der Waals surface area contributed by atoms with Gasteiger partial charge in [0.2, 0.25) is 0 Å². The van der Waals surface area contributed by atoms with Crippen LogP contribution in [0.1, 0.15) is 56.0 Å². The van der Waals surface area contributed by atoms with Crippen LogP contribution in [-0.2, 0) is 20.2 Å². The van der Waals surface area contributed by atoms with Crippen LogP contribution < -0.4 is 9.80 Å². The Morgan fingerprint density at radius 1 is 0.604 bits per heavy atom. The first-order valence-corrected chi connectivity index (χ1v) is 20.0. The first-order valence-electron chi connectivity index (χ1n) is 17.2. The van der Waals surface area contributed by atoms with Gasteiger partial charge in [-0.15, -0.1) is 13.2 Å². The summed E-state index contributed by atoms with van der Waals surface area (Å²) in [4.78, 5) is 3.81. The number of aryl methyl sites for hydroxylation is 5. The molecule has 0 aromatic heterocycles. The highest BCUT2D eigenvalue weighted by Crippen LogP contribution is 2.41. The van der Waals surface area contributed by atoms with Crippen molar-refractivity contribution in [1.82, 2.24) is 0 Å². The maximum absolute atomic E-state index is 12.7. The van der Waals surface area contributed by atoms with E-state index in [9.17, 15) is 25.9 Å². The van der Waals surface area contributed by atoms with E-state index in [1.54, 1.807) is 44.2 Å². The SMILES string of the molecule is C=CCN(c1ccc(C(c2ccc(N(CC=C)c3c(C)cc(C)c(S(=O)(=O)O)c3C)cc2)c2ccccc2S(=O)(=O)O)cc1)c1c(C)cc(C)cc1C. The standard InChI is InChI=1S/C43H46N2O6S2/c1-9-23-44(41-29(4)25-28(3)26-30(41)5)36-19-15-34(16-20-36)40(38-13-11-12-14-39(38)52(46,47)48)35-17-21-37(22-18-35)45(24-10-2)42-31(6)27-32(7)43(33(42)8)53(49,50)51/h9-22,25-27,40H,1-2,23-24H2,3-8H3,(H,46,47,48)(H,49,50,51). The lowest BCUT2D eigenvalue weighted by Gasteiger charge is -2.30. The van der Waals surface area contributed by atoms with Crippen LogP contribution in [0.2, 0.25) is 0 Å². The van der Waals surface area contributed by atoms with Gasteiger partial charge in [0.25, 0.3) is 20.2 Å². The predicted molar refractivity (Wildman–Crippen MR) is 216 cm³/mol. The van der Waals surface area contributed by atoms with Crippen molar-refractivity contribution in [3.8, 4) is 0 Å². The highest BCUT2D eigenvalue weighted by atomic mass is 32.2. The summed E-state index contributed by atoms with van der Waals surface area (Å²) < 4.78 is 70.6. The molecule has 53 heavy (non-hydrogen) atoms. The van der Waals surface area contributed by atoms with Gasteiger partial charge in [0, 0.05) is 41.8 Å². The topological polar surface area (TPSA) is 115 Å². The number of rotatable bonds is 13. The molecule has 8 nitrogen and oxygen atoms in total. The quantitative estimate of drug-likeness (QED) is 0.0695. The first kappa shape index (κ1) is 39.2. The summed E-state index contributed by atoms with van der Waals surface area (Å²) in [5, 5.41) is 0. The van der Waals surface area contributed by atoms with Crippen molar-refractivity contribution in [3.05, 3.63) is 166 Å². The van der Waals surface area contributed by atoms with Gasteiger partial charge in [0.1, 0.15) is 4.90 Å². The lowest BCUT2D eigenvalue weighted by atomic mass is 9.85. The molecular formula is C43H46N2O6S2. The monoisotopic (exact) mass is 750 g/mol. The summed E-state index contributed by atoms with van der Waals surface area (Å²) in [6.07, 6.45) is 3.57. The maximum Gasteiger partial charge on any atom is 0.295 e. The lowest BCUT2D eigenvalue weighted by molar-refractivity contribution is 0.479. The second kappa shape index (κ2) is 15.5. The molecule has 0 amide bonds. The molecule has 10 heteroatoms. The van der Waals surface area contributed by atoms with E-state index in [4.69, 9.17) is 0 Å². The molecule has 0 aliphatic heterocycles. The van der Waals surface area contributed by atoms with Crippen molar-refractivity contribution in [2.24, 2.45) is 0 Å². The average Bonchev–Trinajstić information content (AvgIpc) is 3.07. The molecule has 0 fully saturated rings. The van der Waals surface area contributed by atoms with E-state index in [1.165, 1.54) is 11.6 Å². The lowest BCUT2D eigenvalue weighted by Crippen LogP contribution is -2.21. The average molecular weight is 751 g/mol. The number of hydrogen-bond acceptors (Lipinski definition) is 6. The third kappa shape index (κ3) is 8.16. The summed E-state index contributed by atoms with van der Waals surface area (Å²) >= 11 is 0. The normalized spacial score (nSPS) is 12.3. The van der Waals surface area contributed by atoms with Crippen LogP contribution in [0.5, 0.6) is 0 Å². The molecule has 1 unspecified atom stereocenters. The molecule has 5 aromatic rings. The molecule has 0 aliphatic carbocycles. The van der Waals surface area contributed by atoms with Crippen molar-refractivity contribution in [2.75, 3.05) is 22.9 Å². The molecule has 0 spiro atoms. The van der Waals surface area contributed by atoms with Crippen LogP contribution >= 0.6 is 0 Å². The molecule has 1 atom stereocenters. The predicted octanol–water partition coefficient (Wildman–Crippen LogP) is 9.86. The van der Waals surface area contributed by atoms with E-state index in [0.717, 1.165) is 44.9 Å². The Bertz CT molecular complexity index is 2380. The van der Waals surface area contributed by atoms with Crippen LogP contribution in [0.15, 0.2) is 126 Å². The van der Waals surface area contributed by atoms with Gasteiger partial charge in [-0.1, -0.05) is 78.4 Å². The largest absolute Gasteiger partial charge is 0.337 e. The summed E-state index contributed by atoms with van der Waals surface area (Å²) in [6.45, 7) is 20.3. The molecule has 0 bridgehead atoms. The van der Waals surface area contributed by atoms with Crippen molar-refractivity contribution < 1.29 is 25.9 Å². The Labute approximate surface area is 314 Å². The molecule has 0 radical (unpaired) electrons. The van der Waals surface area contributed by atoms with Gasteiger partial charge < -0.3 is 9.80 Å². The number of anilines is 4. The van der Waals surface area contributed by atoms with E-state index >= 15 is 0 Å². The van der Waals surface area contributed by atoms with E-state index in [2.05, 4.69) is 51.0 Å². The minimum atomic E-state index is -4.57. The van der Waals surface area contributed by atoms with E-state index in [-0.39, 0.29) is 9.79 Å². The Kier molecular flexibility index (Phi) is 11.5. The van der Waals surface area contributed by atoms with E-state index < -0.39 is 26.2 Å². The van der Waals surface area contributed by atoms with Gasteiger partial charge in [-0.05, 0) is 116 Å². The Hall–Kier alpha value is -5.00. The number of benzene rings is 5. The van der Waals surface area contributed by atoms with Crippen molar-refractivity contribution in [3.63, 3.8) is 0 Å². The molecule has 0 saturated carbocycles. The summed E-state index contributed by atoms with van der Waals surface area (Å²) in [5.74, 6) is -0.589. The Morgan fingerprint density at radius 3 is 1.51 bits per heavy atom. The van der Waals surface area contributed by atoms with Gasteiger partial charge >= 0.3 is 0 Å². The summed E-state index contributed by atoms with van der Waals surface area (Å²) in [5.41, 5.74) is 10.5. The summed E-state index contributed by atoms with van der Waals surface area (Å²) in [7, 11) is -9.07. The van der Waals surface area contributed by atoms with Crippen molar-refractivity contribution in [2.45, 2.75) is 57.3 Å². The van der Waals surface area contributed by atoms with Crippen LogP contribution in [-0.4, -0.2) is 39.0 Å². The smallest absolute Gasteiger partial charge is 0.295 e. The minimum absolute atomic E-state index is 0.131. The van der Waals surface area contributed by atoms with Crippen LogP contribution in [0.3, 0.4) is 0 Å². The van der Waals surface area contributed by atoms with E-state index in [1.807, 2.05) is 66.4 Å². The van der Waals surface area contributed by atoms with E-state index in [0.29, 0.717) is 35.5 Å². The Morgan fingerprint density at radius 2 is 1.06 bits per heavy atom. The van der Waals surface area contributed by atoms with Gasteiger partial charge in [-0.25, -0.2) is 0 Å². The van der Waals surface area contributed by atoms with Gasteiger partial charge in [-0.3, -0.25) is 9.11 Å². The molecule has 276 valence electrons. The van der Waals surface area contributed by atoms with Crippen LogP contribution in [0.4, 0.5) is 22.7 Å². The summed E-state index contributed by atoms with van der Waals surface area (Å²) in [6, 6.07) is 28.0. The molecule has 0 saturated heterocycles. The van der Waals surface area contributed by atoms with Crippen molar-refractivity contribution >= 4 is 43.0 Å². The highest BCUT2D eigenvalue weighted by molar-refractivity contribution is 7.86. The molecular weight excluding hydrogens is 705 g/mol. The molecule has 5 aromatic carbocycles. The highest BCUT2D eigenvalue weighted by Gasteiger charge is 2.27. The fraction of sp³-hybridized carbons (Fsp3) is 0.209. The zero-order chi connectivity index (χ0) is 38.8. The molecule has 0 aliphatic rings. The number of nitrogens with zero attached hydrogens (tertiary/aromatic N) is 2. The van der Waals surface area contributed by atoms with Gasteiger partial charge in [0.15, 0.2) is 0 Å². The second-order valence-corrected chi connectivity index (χ2v) is 16.2. The third-order valence-electron chi connectivity index (χ3n) is 9.50. The van der Waals surface area contributed by atoms with Crippen molar-refractivity contribution in [1.29, 1.82) is 0 Å². The van der Waals surface area contributed by atoms with Gasteiger partial charge in [-0.2, -0.15) is 16.8 Å². The first-order chi connectivity index (χ1) is 25.0. The minimum Gasteiger partial charge on any atom is -0.337 e. The fourth-order valence-electron chi connectivity index (χ4n) is 7.68. The Balaban J connectivity index is 1.65. The maximum atomic E-state index is 12.7. The second-order valence-electron chi connectivity index (χ2n) is 13.5. The van der Waals surface area contributed by atoms with Gasteiger partial charge in [0.05, 0.1) is 4.90 Å². The molecule has 0 heterocycles. The molecule has 5 rings (SSSR count). The zero-order valence-corrected chi connectivity index (χ0v) is 32.6. The third-order valence-corrected chi connectivity index (χ3v) is 11.6. The number of hydrogen-bond donors (Lipinski definition) is 2. The fourth-order valence-corrected chi connectivity index (χ4v) is 9.36.